The zero-order chi connectivity index (χ0) is 43.9. The monoisotopic (exact) mass is 841 g/mol. The summed E-state index contributed by atoms with van der Waals surface area (Å²) in [5, 5.41) is 23.5. The fourth-order valence-corrected chi connectivity index (χ4v) is 8.51. The highest BCUT2D eigenvalue weighted by molar-refractivity contribution is 5.91. The topological polar surface area (TPSA) is 215 Å². The second kappa shape index (κ2) is 21.3. The maximum atomic E-state index is 13.4. The van der Waals surface area contributed by atoms with Gasteiger partial charge in [-0.3, -0.25) is 19.2 Å². The van der Waals surface area contributed by atoms with E-state index in [1.807, 2.05) is 13.8 Å². The third-order valence-electron chi connectivity index (χ3n) is 11.4. The summed E-state index contributed by atoms with van der Waals surface area (Å²) in [6.07, 6.45) is -7.99. The highest BCUT2D eigenvalue weighted by Crippen LogP contribution is 2.38. The van der Waals surface area contributed by atoms with Crippen LogP contribution < -0.4 is 0 Å². The largest absolute Gasteiger partial charge is 0.462 e. The number of carbonyl (C=O) groups is 5. The number of allylic oxidation sites excluding steroid dienone is 1. The maximum absolute atomic E-state index is 13.4. The quantitative estimate of drug-likeness (QED) is 0.125. The lowest BCUT2D eigenvalue weighted by molar-refractivity contribution is -0.344. The van der Waals surface area contributed by atoms with E-state index < -0.39 is 115 Å². The van der Waals surface area contributed by atoms with Gasteiger partial charge in [-0.25, -0.2) is 0 Å². The number of likely N-dealkylation sites (N-methyl/N-ethyl adjacent to an activating group) is 1. The number of aliphatic hydroxyl groups excluding tert-OH is 1. The van der Waals surface area contributed by atoms with Gasteiger partial charge in [0, 0.05) is 45.6 Å². The van der Waals surface area contributed by atoms with Gasteiger partial charge in [-0.2, -0.15) is 0 Å². The van der Waals surface area contributed by atoms with E-state index in [4.69, 9.17) is 42.6 Å². The Balaban J connectivity index is 1.64. The third-order valence-corrected chi connectivity index (χ3v) is 11.4. The molecule has 0 amide bonds. The number of carbonyl (C=O) groups excluding carboxylic acids is 5. The van der Waals surface area contributed by atoms with Crippen molar-refractivity contribution in [3.05, 3.63) is 12.2 Å². The van der Waals surface area contributed by atoms with E-state index in [0.717, 1.165) is 0 Å². The van der Waals surface area contributed by atoms with E-state index in [2.05, 4.69) is 0 Å². The molecule has 0 saturated carbocycles. The summed E-state index contributed by atoms with van der Waals surface area (Å²) < 4.78 is 54.2. The van der Waals surface area contributed by atoms with Crippen LogP contribution in [0.25, 0.3) is 0 Å². The second-order valence-corrected chi connectivity index (χ2v) is 17.5. The van der Waals surface area contributed by atoms with Crippen LogP contribution in [0.5, 0.6) is 0 Å². The van der Waals surface area contributed by atoms with Crippen molar-refractivity contribution < 1.29 is 76.8 Å². The molecule has 3 saturated heterocycles. The van der Waals surface area contributed by atoms with Crippen LogP contribution in [0.1, 0.15) is 93.9 Å². The number of cyclic esters (lactones) is 1. The molecular weight excluding hydrogens is 774 g/mol. The number of esters is 3. The van der Waals surface area contributed by atoms with Gasteiger partial charge in [-0.05, 0) is 72.2 Å². The molecule has 17 nitrogen and oxygen atoms in total. The van der Waals surface area contributed by atoms with E-state index in [0.29, 0.717) is 12.7 Å². The van der Waals surface area contributed by atoms with Crippen LogP contribution in [-0.4, -0.2) is 158 Å². The van der Waals surface area contributed by atoms with E-state index in [1.165, 1.54) is 20.1 Å². The first kappa shape index (κ1) is 48.8. The Bertz CT molecular complexity index is 1470. The Kier molecular flexibility index (Phi) is 17.6. The summed E-state index contributed by atoms with van der Waals surface area (Å²) in [7, 11) is 4.82. The van der Waals surface area contributed by atoms with Crippen LogP contribution in [0.3, 0.4) is 0 Å². The van der Waals surface area contributed by atoms with Crippen LogP contribution in [0.2, 0.25) is 0 Å². The molecule has 17 atom stereocenters. The number of rotatable bonds is 12. The van der Waals surface area contributed by atoms with Crippen molar-refractivity contribution in [2.45, 2.75) is 185 Å². The Hall–Kier alpha value is -2.87. The number of ether oxygens (including phenoxy) is 9. The zero-order valence-electron chi connectivity index (χ0n) is 36.3. The molecule has 17 heteroatoms. The lowest BCUT2D eigenvalue weighted by Crippen LogP contribution is -2.66. The molecular formula is C42H67NO16. The normalized spacial score (nSPS) is 41.2. The van der Waals surface area contributed by atoms with Crippen molar-refractivity contribution in [1.82, 2.24) is 4.90 Å². The first-order valence-electron chi connectivity index (χ1n) is 20.7. The average molecular weight is 842 g/mol. The van der Waals surface area contributed by atoms with Crippen molar-refractivity contribution >= 4 is 30.0 Å². The molecule has 2 N–H and O–H groups in total. The van der Waals surface area contributed by atoms with Gasteiger partial charge in [0.25, 0.3) is 0 Å². The van der Waals surface area contributed by atoms with Crippen molar-refractivity contribution in [2.24, 2.45) is 17.8 Å². The number of hydrogen-bond donors (Lipinski definition) is 2. The Morgan fingerprint density at radius 3 is 2.29 bits per heavy atom. The minimum absolute atomic E-state index is 0.0551. The van der Waals surface area contributed by atoms with Crippen molar-refractivity contribution in [3.63, 3.8) is 0 Å². The van der Waals surface area contributed by atoms with E-state index >= 15 is 0 Å². The predicted molar refractivity (Wildman–Crippen MR) is 208 cm³/mol. The van der Waals surface area contributed by atoms with Crippen molar-refractivity contribution in [2.75, 3.05) is 21.2 Å². The van der Waals surface area contributed by atoms with Crippen LogP contribution in [0.4, 0.5) is 0 Å². The molecule has 4 rings (SSSR count). The molecule has 0 aromatic heterocycles. The lowest BCUT2D eigenvalue weighted by atomic mass is 9.83. The zero-order valence-corrected chi connectivity index (χ0v) is 36.3. The van der Waals surface area contributed by atoms with Gasteiger partial charge in [0.1, 0.15) is 48.5 Å². The van der Waals surface area contributed by atoms with Crippen LogP contribution in [0, 0.1) is 17.8 Å². The predicted octanol–water partition coefficient (Wildman–Crippen LogP) is 2.43. The second-order valence-electron chi connectivity index (χ2n) is 17.5. The van der Waals surface area contributed by atoms with Crippen molar-refractivity contribution in [1.29, 1.82) is 0 Å². The fourth-order valence-electron chi connectivity index (χ4n) is 8.51. The Labute approximate surface area is 347 Å². The number of ketones is 1. The van der Waals surface area contributed by atoms with Gasteiger partial charge >= 0.3 is 17.9 Å². The van der Waals surface area contributed by atoms with E-state index in [-0.39, 0.29) is 49.6 Å². The molecule has 0 aromatic rings. The van der Waals surface area contributed by atoms with Gasteiger partial charge in [0.05, 0.1) is 36.9 Å². The SMILES string of the molecule is CO[C@@H]1[C@@H](OC2OC(C)C(OC3CC(C)(O)C(OC(=O)CC(C)C)C(C)O3)C(N(C)C)C2O)[C@@H](CC=O)C[C@@H](C)C(=O)C=CC2O[C@H]2C[C@@H](C)OC(=O)C[C@@H]1OC(C)=O. The molecule has 4 heterocycles. The number of aldehydes is 1. The van der Waals surface area contributed by atoms with Crippen LogP contribution in [0.15, 0.2) is 12.2 Å². The standard InChI is InChI=1S/C42H67NO16/c1-21(2)16-32(47)57-40-25(6)53-34(20-42(40,8)50)58-37-24(5)54-41(36(49)35(37)43(9)10)59-38-27(14-15-44)17-22(3)28(46)12-13-29-30(56-29)18-23(4)52-33(48)19-31(39(38)51-11)55-26(7)45/h12-13,15,21-25,27,29-31,34-41,49-50H,14,16-20H2,1-11H3/t22-,23-,24?,25?,27+,29?,30+,31+,34?,35?,36?,37?,38+,39+,40?,41?,42?/m1/s1. The van der Waals surface area contributed by atoms with Crippen molar-refractivity contribution in [3.8, 4) is 0 Å². The summed E-state index contributed by atoms with van der Waals surface area (Å²) in [4.78, 5) is 65.8. The number of methoxy groups -OCH3 is 1. The van der Waals surface area contributed by atoms with E-state index in [9.17, 15) is 34.2 Å². The molecule has 4 aliphatic rings. The fraction of sp³-hybridized carbons (Fsp3) is 0.833. The lowest BCUT2D eigenvalue weighted by Gasteiger charge is -2.50. The molecule has 336 valence electrons. The van der Waals surface area contributed by atoms with E-state index in [1.54, 1.807) is 59.7 Å². The van der Waals surface area contributed by atoms with Gasteiger partial charge in [-0.15, -0.1) is 0 Å². The van der Waals surface area contributed by atoms with Gasteiger partial charge in [0.15, 0.2) is 24.5 Å². The van der Waals surface area contributed by atoms with Gasteiger partial charge in [0.2, 0.25) is 0 Å². The Morgan fingerprint density at radius 1 is 1.00 bits per heavy atom. The summed E-state index contributed by atoms with van der Waals surface area (Å²) in [6, 6.07) is -0.800. The first-order valence-corrected chi connectivity index (χ1v) is 20.7. The highest BCUT2D eigenvalue weighted by Gasteiger charge is 2.53. The minimum Gasteiger partial charge on any atom is -0.462 e. The molecule has 0 aliphatic carbocycles. The summed E-state index contributed by atoms with van der Waals surface area (Å²) in [5.74, 6) is -3.35. The summed E-state index contributed by atoms with van der Waals surface area (Å²) in [6.45, 7) is 13.4. The molecule has 0 radical (unpaired) electrons. The van der Waals surface area contributed by atoms with Crippen LogP contribution in [-0.2, 0) is 66.6 Å². The molecule has 0 aromatic carbocycles. The number of nitrogens with zero attached hydrogens (tertiary/aromatic N) is 1. The molecule has 59 heavy (non-hydrogen) atoms. The number of fused-ring (bicyclic) bond motifs is 1. The summed E-state index contributed by atoms with van der Waals surface area (Å²) in [5.41, 5.74) is -1.51. The minimum atomic E-state index is -1.51. The average Bonchev–Trinajstić information content (AvgIpc) is 3.85. The summed E-state index contributed by atoms with van der Waals surface area (Å²) >= 11 is 0. The van der Waals surface area contributed by atoms with Gasteiger partial charge in [-0.1, -0.05) is 20.8 Å². The van der Waals surface area contributed by atoms with Crippen LogP contribution >= 0.6 is 0 Å². The first-order chi connectivity index (χ1) is 27.6. The number of epoxide rings is 1. The van der Waals surface area contributed by atoms with Gasteiger partial charge < -0.3 is 62.5 Å². The maximum Gasteiger partial charge on any atom is 0.309 e. The number of hydrogen-bond acceptors (Lipinski definition) is 17. The molecule has 3 fully saturated rings. The Morgan fingerprint density at radius 2 is 1.69 bits per heavy atom. The third kappa shape index (κ3) is 13.3. The molecule has 4 aliphatic heterocycles. The molecule has 10 unspecified atom stereocenters. The molecule has 0 bridgehead atoms. The smallest absolute Gasteiger partial charge is 0.309 e. The molecule has 0 spiro atoms. The highest BCUT2D eigenvalue weighted by atomic mass is 16.7. The number of aliphatic hydroxyl groups is 2.